The number of nitrogens with zero attached hydrogens (tertiary/aromatic N) is 1. The standard InChI is InChI=1S/C19H22N2O4/c1-2-23-15-6-3-5-12-13(15)8-9-14(12)21-19(22)17-18(25-11-20-17)16-7-4-10-24-16/h3,5-6,11,14,16H,2,4,7-10H2,1H3,(H,21,22)/t14-,16+/m0/s1. The van der Waals surface area contributed by atoms with Crippen LogP contribution in [0, 0.1) is 0 Å². The van der Waals surface area contributed by atoms with Crippen molar-refractivity contribution < 1.29 is 18.7 Å². The quantitative estimate of drug-likeness (QED) is 0.902. The van der Waals surface area contributed by atoms with Crippen molar-refractivity contribution in [3.05, 3.63) is 47.2 Å². The summed E-state index contributed by atoms with van der Waals surface area (Å²) in [6, 6.07) is 5.98. The first-order valence-electron chi connectivity index (χ1n) is 8.88. The number of nitrogens with one attached hydrogen (secondary N) is 1. The van der Waals surface area contributed by atoms with Gasteiger partial charge in [0, 0.05) is 6.61 Å². The molecule has 0 radical (unpaired) electrons. The SMILES string of the molecule is CCOc1cccc2c1CC[C@@H]2NC(=O)c1ncoc1[C@H]1CCCO1. The summed E-state index contributed by atoms with van der Waals surface area (Å²) in [5, 5.41) is 3.10. The first-order chi connectivity index (χ1) is 12.3. The van der Waals surface area contributed by atoms with Gasteiger partial charge >= 0.3 is 0 Å². The van der Waals surface area contributed by atoms with Crippen molar-refractivity contribution in [3.8, 4) is 5.75 Å². The van der Waals surface area contributed by atoms with Crippen molar-refractivity contribution in [1.82, 2.24) is 10.3 Å². The molecule has 0 spiro atoms. The lowest BCUT2D eigenvalue weighted by atomic mass is 10.1. The molecule has 1 aliphatic heterocycles. The van der Waals surface area contributed by atoms with Crippen molar-refractivity contribution >= 4 is 5.91 Å². The topological polar surface area (TPSA) is 73.6 Å². The third-order valence-corrected chi connectivity index (χ3v) is 4.86. The Morgan fingerprint density at radius 1 is 1.40 bits per heavy atom. The van der Waals surface area contributed by atoms with E-state index in [4.69, 9.17) is 13.9 Å². The number of carbonyl (C=O) groups excluding carboxylic acids is 1. The summed E-state index contributed by atoms with van der Waals surface area (Å²) in [5.41, 5.74) is 2.65. The van der Waals surface area contributed by atoms with Gasteiger partial charge in [0.05, 0.1) is 12.6 Å². The van der Waals surface area contributed by atoms with E-state index in [2.05, 4.69) is 16.4 Å². The molecule has 0 saturated carbocycles. The first-order valence-corrected chi connectivity index (χ1v) is 8.88. The van der Waals surface area contributed by atoms with Gasteiger partial charge in [-0.25, -0.2) is 4.98 Å². The fraction of sp³-hybridized carbons (Fsp3) is 0.474. The van der Waals surface area contributed by atoms with Crippen LogP contribution in [0.3, 0.4) is 0 Å². The van der Waals surface area contributed by atoms with Gasteiger partial charge in [0.1, 0.15) is 11.9 Å². The van der Waals surface area contributed by atoms with Gasteiger partial charge in [-0.2, -0.15) is 0 Å². The van der Waals surface area contributed by atoms with Crippen LogP contribution in [0.15, 0.2) is 29.0 Å². The Labute approximate surface area is 146 Å². The molecule has 1 N–H and O–H groups in total. The van der Waals surface area contributed by atoms with Crippen molar-refractivity contribution in [3.63, 3.8) is 0 Å². The average Bonchev–Trinajstić information content (AvgIpc) is 3.36. The van der Waals surface area contributed by atoms with Gasteiger partial charge in [0.25, 0.3) is 5.91 Å². The Hall–Kier alpha value is -2.34. The Morgan fingerprint density at radius 3 is 3.12 bits per heavy atom. The van der Waals surface area contributed by atoms with Crippen LogP contribution in [-0.4, -0.2) is 24.1 Å². The van der Waals surface area contributed by atoms with Crippen molar-refractivity contribution in [1.29, 1.82) is 0 Å². The second kappa shape index (κ2) is 6.88. The molecule has 2 heterocycles. The van der Waals surface area contributed by atoms with E-state index in [0.29, 0.717) is 24.7 Å². The number of benzene rings is 1. The van der Waals surface area contributed by atoms with E-state index in [1.165, 1.54) is 12.0 Å². The fourth-order valence-corrected chi connectivity index (χ4v) is 3.73. The van der Waals surface area contributed by atoms with Crippen LogP contribution >= 0.6 is 0 Å². The van der Waals surface area contributed by atoms with Gasteiger partial charge in [-0.3, -0.25) is 4.79 Å². The minimum atomic E-state index is -0.209. The highest BCUT2D eigenvalue weighted by Gasteiger charge is 2.31. The number of amides is 1. The van der Waals surface area contributed by atoms with Crippen LogP contribution in [0.5, 0.6) is 5.75 Å². The average molecular weight is 342 g/mol. The second-order valence-electron chi connectivity index (χ2n) is 6.39. The summed E-state index contributed by atoms with van der Waals surface area (Å²) in [6.45, 7) is 3.31. The molecule has 4 rings (SSSR count). The lowest BCUT2D eigenvalue weighted by molar-refractivity contribution is 0.0852. The zero-order valence-corrected chi connectivity index (χ0v) is 14.3. The highest BCUT2D eigenvalue weighted by molar-refractivity contribution is 5.93. The number of rotatable bonds is 5. The van der Waals surface area contributed by atoms with Crippen LogP contribution < -0.4 is 10.1 Å². The van der Waals surface area contributed by atoms with E-state index in [1.54, 1.807) is 0 Å². The molecule has 1 aromatic heterocycles. The molecule has 25 heavy (non-hydrogen) atoms. The summed E-state index contributed by atoms with van der Waals surface area (Å²) >= 11 is 0. The summed E-state index contributed by atoms with van der Waals surface area (Å²) in [6.07, 6.45) is 4.75. The van der Waals surface area contributed by atoms with Crippen molar-refractivity contribution in [2.24, 2.45) is 0 Å². The number of oxazole rings is 1. The van der Waals surface area contributed by atoms with E-state index in [0.717, 1.165) is 37.0 Å². The smallest absolute Gasteiger partial charge is 0.274 e. The minimum absolute atomic E-state index is 0.0306. The van der Waals surface area contributed by atoms with Gasteiger partial charge in [0.15, 0.2) is 17.8 Å². The van der Waals surface area contributed by atoms with E-state index in [1.807, 2.05) is 19.1 Å². The molecule has 132 valence electrons. The number of hydrogen-bond acceptors (Lipinski definition) is 5. The van der Waals surface area contributed by atoms with Crippen LogP contribution in [0.2, 0.25) is 0 Å². The van der Waals surface area contributed by atoms with E-state index >= 15 is 0 Å². The maximum absolute atomic E-state index is 12.7. The third kappa shape index (κ3) is 3.02. The van der Waals surface area contributed by atoms with Gasteiger partial charge in [-0.05, 0) is 49.8 Å². The zero-order chi connectivity index (χ0) is 17.2. The molecule has 6 nitrogen and oxygen atoms in total. The lowest BCUT2D eigenvalue weighted by Crippen LogP contribution is -2.28. The molecule has 2 aromatic rings. The van der Waals surface area contributed by atoms with Gasteiger partial charge in [-0.15, -0.1) is 0 Å². The van der Waals surface area contributed by atoms with E-state index in [9.17, 15) is 4.79 Å². The number of aromatic nitrogens is 1. The molecule has 2 atom stereocenters. The highest BCUT2D eigenvalue weighted by Crippen LogP contribution is 2.37. The monoisotopic (exact) mass is 342 g/mol. The summed E-state index contributed by atoms with van der Waals surface area (Å²) < 4.78 is 16.8. The third-order valence-electron chi connectivity index (χ3n) is 4.86. The molecular formula is C19H22N2O4. The first kappa shape index (κ1) is 16.1. The lowest BCUT2D eigenvalue weighted by Gasteiger charge is -2.15. The van der Waals surface area contributed by atoms with Gasteiger partial charge < -0.3 is 19.2 Å². The highest BCUT2D eigenvalue weighted by atomic mass is 16.5. The summed E-state index contributed by atoms with van der Waals surface area (Å²) in [7, 11) is 0. The molecule has 6 heteroatoms. The summed E-state index contributed by atoms with van der Waals surface area (Å²) in [4.78, 5) is 16.9. The second-order valence-corrected chi connectivity index (χ2v) is 6.39. The molecule has 1 fully saturated rings. The van der Waals surface area contributed by atoms with Crippen LogP contribution in [0.25, 0.3) is 0 Å². The number of fused-ring (bicyclic) bond motifs is 1. The minimum Gasteiger partial charge on any atom is -0.494 e. The maximum Gasteiger partial charge on any atom is 0.274 e. The van der Waals surface area contributed by atoms with Crippen LogP contribution in [0.4, 0.5) is 0 Å². The molecule has 1 amide bonds. The number of hydrogen-bond donors (Lipinski definition) is 1. The molecular weight excluding hydrogens is 320 g/mol. The Balaban J connectivity index is 1.52. The Bertz CT molecular complexity index is 765. The van der Waals surface area contributed by atoms with Crippen LogP contribution in [0.1, 0.15) is 65.7 Å². The molecule has 2 aliphatic rings. The van der Waals surface area contributed by atoms with Crippen LogP contribution in [-0.2, 0) is 11.2 Å². The van der Waals surface area contributed by atoms with Gasteiger partial charge in [-0.1, -0.05) is 12.1 Å². The molecule has 1 aliphatic carbocycles. The zero-order valence-electron chi connectivity index (χ0n) is 14.3. The predicted octanol–water partition coefficient (Wildman–Crippen LogP) is 3.34. The van der Waals surface area contributed by atoms with Crippen molar-refractivity contribution in [2.45, 2.75) is 44.8 Å². The summed E-state index contributed by atoms with van der Waals surface area (Å²) in [5.74, 6) is 1.24. The van der Waals surface area contributed by atoms with E-state index < -0.39 is 0 Å². The Morgan fingerprint density at radius 2 is 2.32 bits per heavy atom. The Kier molecular flexibility index (Phi) is 4.44. The number of carbonyl (C=O) groups is 1. The van der Waals surface area contributed by atoms with E-state index in [-0.39, 0.29) is 18.1 Å². The van der Waals surface area contributed by atoms with Crippen molar-refractivity contribution in [2.75, 3.05) is 13.2 Å². The normalized spacial score (nSPS) is 22.0. The molecule has 1 aromatic carbocycles. The molecule has 0 unspecified atom stereocenters. The molecule has 0 bridgehead atoms. The molecule has 1 saturated heterocycles. The maximum atomic E-state index is 12.7. The fourth-order valence-electron chi connectivity index (χ4n) is 3.73. The van der Waals surface area contributed by atoms with Gasteiger partial charge in [0.2, 0.25) is 0 Å². The number of ether oxygens (including phenoxy) is 2. The predicted molar refractivity (Wildman–Crippen MR) is 90.6 cm³/mol. The largest absolute Gasteiger partial charge is 0.494 e.